The fourth-order valence-corrected chi connectivity index (χ4v) is 18.0. The van der Waals surface area contributed by atoms with Gasteiger partial charge >= 0.3 is 0 Å². The zero-order valence-corrected chi connectivity index (χ0v) is 28.8. The third-order valence-electron chi connectivity index (χ3n) is 10.1. The summed E-state index contributed by atoms with van der Waals surface area (Å²) in [5.41, 5.74) is 1.07. The van der Waals surface area contributed by atoms with Crippen molar-refractivity contribution in [2.45, 2.75) is 53.4 Å². The number of rotatable bonds is 8. The van der Waals surface area contributed by atoms with Crippen LogP contribution in [0.4, 0.5) is 0 Å². The molecule has 0 radical (unpaired) electrons. The molecular formula is C36H32O8S4. The number of fused-ring (bicyclic) bond motifs is 3. The molecule has 0 unspecified atom stereocenters. The van der Waals surface area contributed by atoms with E-state index in [1.807, 2.05) is 0 Å². The Kier molecular flexibility index (Phi) is 7.74. The molecule has 3 aliphatic rings. The third kappa shape index (κ3) is 4.56. The van der Waals surface area contributed by atoms with Gasteiger partial charge in [0.1, 0.15) is 0 Å². The molecule has 0 amide bonds. The van der Waals surface area contributed by atoms with E-state index in [1.54, 1.807) is 36.4 Å². The molecule has 48 heavy (non-hydrogen) atoms. The number of sulfone groups is 4. The smallest absolute Gasteiger partial charge is 0.199 e. The summed E-state index contributed by atoms with van der Waals surface area (Å²) in [4.78, 5) is -0.570. The number of allylic oxidation sites excluding steroid dienone is 4. The van der Waals surface area contributed by atoms with Crippen molar-refractivity contribution in [3.63, 3.8) is 0 Å². The van der Waals surface area contributed by atoms with Crippen molar-refractivity contribution in [1.29, 1.82) is 0 Å². The minimum Gasteiger partial charge on any atom is -0.222 e. The highest BCUT2D eigenvalue weighted by molar-refractivity contribution is 8.11. The second kappa shape index (κ2) is 11.4. The summed E-state index contributed by atoms with van der Waals surface area (Å²) >= 11 is 0. The van der Waals surface area contributed by atoms with E-state index in [2.05, 4.69) is 0 Å². The van der Waals surface area contributed by atoms with E-state index in [4.69, 9.17) is 0 Å². The van der Waals surface area contributed by atoms with Gasteiger partial charge in [0.05, 0.1) is 19.6 Å². The molecule has 0 spiro atoms. The SMILES string of the molecule is O=S(=O)(c1ccccc1)C1(S(=O)(=O)c2ccccc2)CC2=CC=C3CC(S(=O)(=O)c4ccccc4)(S(=O)(=O)c4ccccc4)C[C@H]3[C@@H]2C1. The van der Waals surface area contributed by atoms with Crippen molar-refractivity contribution in [3.8, 4) is 0 Å². The normalized spacial score (nSPS) is 21.8. The first kappa shape index (κ1) is 32.7. The van der Waals surface area contributed by atoms with Gasteiger partial charge in [0.25, 0.3) is 0 Å². The van der Waals surface area contributed by atoms with Crippen LogP contribution in [-0.4, -0.2) is 41.8 Å². The number of hydrogen-bond acceptors (Lipinski definition) is 8. The summed E-state index contributed by atoms with van der Waals surface area (Å²) < 4.78 is 112. The Morgan fingerprint density at radius 3 is 0.833 bits per heavy atom. The van der Waals surface area contributed by atoms with Gasteiger partial charge in [-0.05, 0) is 73.2 Å². The molecule has 3 aliphatic carbocycles. The number of benzene rings is 4. The molecule has 0 aromatic heterocycles. The molecule has 248 valence electrons. The lowest BCUT2D eigenvalue weighted by atomic mass is 9.80. The van der Waals surface area contributed by atoms with E-state index in [-0.39, 0.29) is 45.3 Å². The van der Waals surface area contributed by atoms with E-state index in [1.165, 1.54) is 97.1 Å². The Balaban J connectivity index is 1.39. The Labute approximate surface area is 281 Å². The summed E-state index contributed by atoms with van der Waals surface area (Å²) in [6.45, 7) is 0. The van der Waals surface area contributed by atoms with E-state index in [0.29, 0.717) is 11.1 Å². The molecular weight excluding hydrogens is 689 g/mol. The maximum atomic E-state index is 14.6. The van der Waals surface area contributed by atoms with Gasteiger partial charge in [-0.1, -0.05) is 96.1 Å². The third-order valence-corrected chi connectivity index (χ3v) is 21.5. The van der Waals surface area contributed by atoms with E-state index >= 15 is 0 Å². The van der Waals surface area contributed by atoms with E-state index < -0.39 is 59.3 Å². The molecule has 0 heterocycles. The van der Waals surface area contributed by atoms with Gasteiger partial charge in [-0.3, -0.25) is 0 Å². The van der Waals surface area contributed by atoms with Crippen molar-refractivity contribution in [1.82, 2.24) is 0 Å². The molecule has 4 aromatic rings. The van der Waals surface area contributed by atoms with Crippen molar-refractivity contribution in [2.24, 2.45) is 11.8 Å². The van der Waals surface area contributed by atoms with Gasteiger partial charge in [-0.2, -0.15) is 0 Å². The van der Waals surface area contributed by atoms with Crippen LogP contribution in [-0.2, 0) is 39.3 Å². The Morgan fingerprint density at radius 2 is 0.604 bits per heavy atom. The molecule has 2 atom stereocenters. The van der Waals surface area contributed by atoms with Gasteiger partial charge < -0.3 is 0 Å². The Bertz CT molecular complexity index is 2080. The van der Waals surface area contributed by atoms with Gasteiger partial charge in [0, 0.05) is 12.8 Å². The molecule has 0 bridgehead atoms. The lowest BCUT2D eigenvalue weighted by molar-refractivity contribution is 0.421. The molecule has 4 aromatic carbocycles. The number of hydrogen-bond donors (Lipinski definition) is 0. The quantitative estimate of drug-likeness (QED) is 0.218. The largest absolute Gasteiger partial charge is 0.222 e. The summed E-state index contributed by atoms with van der Waals surface area (Å²) in [5.74, 6) is -1.47. The van der Waals surface area contributed by atoms with Crippen LogP contribution >= 0.6 is 0 Å². The first-order chi connectivity index (χ1) is 22.8. The fraction of sp³-hybridized carbons (Fsp3) is 0.222. The molecule has 0 N–H and O–H groups in total. The predicted molar refractivity (Wildman–Crippen MR) is 182 cm³/mol. The van der Waals surface area contributed by atoms with Crippen molar-refractivity contribution < 1.29 is 33.7 Å². The topological polar surface area (TPSA) is 137 Å². The summed E-state index contributed by atoms with van der Waals surface area (Å²) in [7, 11) is -18.2. The second-order valence-corrected chi connectivity index (χ2v) is 22.1. The van der Waals surface area contributed by atoms with E-state index in [9.17, 15) is 33.7 Å². The Morgan fingerprint density at radius 1 is 0.375 bits per heavy atom. The fourth-order valence-electron chi connectivity index (χ4n) is 7.71. The van der Waals surface area contributed by atoms with Crippen molar-refractivity contribution in [2.75, 3.05) is 0 Å². The molecule has 0 aliphatic heterocycles. The highest BCUT2D eigenvalue weighted by Crippen LogP contribution is 2.62. The monoisotopic (exact) mass is 720 g/mol. The van der Waals surface area contributed by atoms with Crippen LogP contribution < -0.4 is 0 Å². The van der Waals surface area contributed by atoms with Crippen molar-refractivity contribution in [3.05, 3.63) is 145 Å². The minimum atomic E-state index is -4.55. The van der Waals surface area contributed by atoms with Gasteiger partial charge in [0.2, 0.25) is 0 Å². The lowest BCUT2D eigenvalue weighted by Crippen LogP contribution is -2.45. The first-order valence-electron chi connectivity index (χ1n) is 15.4. The standard InChI is InChI=1S/C36H32O8S4/c37-45(38,29-13-5-1-6-14-29)35(46(39,40)30-15-7-2-8-16-30)23-27-21-22-28-24-36(26-34(28)33(27)25-35,47(41,42)31-17-9-3-10-18-31)48(43,44)32-19-11-4-12-20-32/h1-22,33-34H,23-26H2/t33-,34-/m1/s1. The van der Waals surface area contributed by atoms with Gasteiger partial charge in [-0.25, -0.2) is 33.7 Å². The zero-order valence-electron chi connectivity index (χ0n) is 25.6. The van der Waals surface area contributed by atoms with Crippen molar-refractivity contribution >= 4 is 39.3 Å². The summed E-state index contributed by atoms with van der Waals surface area (Å²) in [6.07, 6.45) is 1.94. The second-order valence-electron chi connectivity index (χ2n) is 12.5. The molecule has 12 heteroatoms. The lowest BCUT2D eigenvalue weighted by Gasteiger charge is -2.31. The van der Waals surface area contributed by atoms with Crippen LogP contribution in [0.2, 0.25) is 0 Å². The highest BCUT2D eigenvalue weighted by Gasteiger charge is 2.67. The van der Waals surface area contributed by atoms with Crippen LogP contribution in [0, 0.1) is 11.8 Å². The first-order valence-corrected chi connectivity index (χ1v) is 21.3. The van der Waals surface area contributed by atoms with Crippen LogP contribution in [0.5, 0.6) is 0 Å². The molecule has 8 nitrogen and oxygen atoms in total. The average molecular weight is 721 g/mol. The zero-order chi connectivity index (χ0) is 34.0. The van der Waals surface area contributed by atoms with Crippen LogP contribution in [0.15, 0.2) is 164 Å². The highest BCUT2D eigenvalue weighted by atomic mass is 32.3. The Hall–Kier alpha value is -3.84. The average Bonchev–Trinajstić information content (AvgIpc) is 3.72. The van der Waals surface area contributed by atoms with Crippen LogP contribution in [0.3, 0.4) is 0 Å². The molecule has 2 saturated carbocycles. The van der Waals surface area contributed by atoms with E-state index in [0.717, 1.165) is 0 Å². The predicted octanol–water partition coefficient (Wildman–Crippen LogP) is 5.96. The maximum absolute atomic E-state index is 14.6. The minimum absolute atomic E-state index is 0.143. The van der Waals surface area contributed by atoms with Crippen LogP contribution in [0.25, 0.3) is 0 Å². The molecule has 2 fully saturated rings. The molecule has 7 rings (SSSR count). The molecule has 0 saturated heterocycles. The van der Waals surface area contributed by atoms with Gasteiger partial charge in [0.15, 0.2) is 47.5 Å². The van der Waals surface area contributed by atoms with Crippen LogP contribution in [0.1, 0.15) is 25.7 Å². The maximum Gasteiger partial charge on any atom is 0.199 e. The summed E-state index contributed by atoms with van der Waals surface area (Å²) in [5, 5.41) is 0. The van der Waals surface area contributed by atoms with Gasteiger partial charge in [-0.15, -0.1) is 0 Å². The summed E-state index contributed by atoms with van der Waals surface area (Å²) in [6, 6.07) is 29.8.